The molecule has 0 saturated carbocycles. The van der Waals surface area contributed by atoms with Gasteiger partial charge >= 0.3 is 5.91 Å². The number of nitrogens with zero attached hydrogens (tertiary/aromatic N) is 1. The summed E-state index contributed by atoms with van der Waals surface area (Å²) in [7, 11) is 0. The van der Waals surface area contributed by atoms with Crippen molar-refractivity contribution in [2.75, 3.05) is 6.54 Å². The molecule has 1 saturated heterocycles. The van der Waals surface area contributed by atoms with E-state index in [4.69, 9.17) is 10.3 Å². The number of nitrogens with two attached hydrogens (primary N) is 1. The number of hydrogen-bond acceptors (Lipinski definition) is 4. The van der Waals surface area contributed by atoms with Crippen LogP contribution in [0.2, 0.25) is 0 Å². The summed E-state index contributed by atoms with van der Waals surface area (Å²) in [5.74, 6) is 4.99. The molecule has 0 atom stereocenters. The third kappa shape index (κ3) is 2.04. The van der Waals surface area contributed by atoms with E-state index < -0.39 is 5.91 Å². The molecule has 1 fully saturated rings. The first kappa shape index (κ1) is 12.7. The van der Waals surface area contributed by atoms with E-state index >= 15 is 0 Å². The molecule has 6 nitrogen and oxygen atoms in total. The zero-order valence-corrected chi connectivity index (χ0v) is 10.9. The molecular weight excluding hydrogens is 258 g/mol. The molecule has 1 aliphatic rings. The van der Waals surface area contributed by atoms with Crippen LogP contribution in [0, 0.1) is 0 Å². The Hall–Kier alpha value is -2.34. The van der Waals surface area contributed by atoms with Gasteiger partial charge in [-0.2, -0.15) is 0 Å². The van der Waals surface area contributed by atoms with Crippen LogP contribution in [0.15, 0.2) is 28.7 Å². The van der Waals surface area contributed by atoms with Crippen LogP contribution >= 0.6 is 0 Å². The average molecular weight is 273 g/mol. The van der Waals surface area contributed by atoms with Crippen LogP contribution in [0.3, 0.4) is 0 Å². The molecule has 2 heterocycles. The highest BCUT2D eigenvalue weighted by Crippen LogP contribution is 2.28. The SMILES string of the molecule is NNC(=O)c1oc2ccccc2c1CN1CCCC1=O. The highest BCUT2D eigenvalue weighted by molar-refractivity contribution is 5.99. The summed E-state index contributed by atoms with van der Waals surface area (Å²) in [6.45, 7) is 1.08. The van der Waals surface area contributed by atoms with Crippen molar-refractivity contribution in [1.29, 1.82) is 0 Å². The van der Waals surface area contributed by atoms with Crippen molar-refractivity contribution in [3.63, 3.8) is 0 Å². The number of nitrogens with one attached hydrogen (secondary N) is 1. The van der Waals surface area contributed by atoms with Gasteiger partial charge in [-0.3, -0.25) is 15.0 Å². The minimum atomic E-state index is -0.483. The largest absolute Gasteiger partial charge is 0.450 e. The van der Waals surface area contributed by atoms with Crippen molar-refractivity contribution >= 4 is 22.8 Å². The number of carbonyl (C=O) groups is 2. The number of hydrogen-bond donors (Lipinski definition) is 2. The Labute approximate surface area is 115 Å². The fourth-order valence-corrected chi connectivity index (χ4v) is 2.57. The van der Waals surface area contributed by atoms with Crippen LogP contribution in [-0.2, 0) is 11.3 Å². The van der Waals surface area contributed by atoms with Gasteiger partial charge < -0.3 is 9.32 Å². The van der Waals surface area contributed by atoms with Gasteiger partial charge in [0.2, 0.25) is 5.91 Å². The van der Waals surface area contributed by atoms with Gasteiger partial charge in [-0.1, -0.05) is 18.2 Å². The van der Waals surface area contributed by atoms with E-state index in [0.717, 1.165) is 11.8 Å². The Morgan fingerprint density at radius 1 is 1.40 bits per heavy atom. The molecule has 3 rings (SSSR count). The van der Waals surface area contributed by atoms with Crippen molar-refractivity contribution in [3.8, 4) is 0 Å². The predicted octanol–water partition coefficient (Wildman–Crippen LogP) is 1.16. The maximum absolute atomic E-state index is 11.8. The second-order valence-corrected chi connectivity index (χ2v) is 4.80. The standard InChI is InChI=1S/C14H15N3O3/c15-16-14(19)13-10(8-17-7-3-6-12(17)18)9-4-1-2-5-11(9)20-13/h1-2,4-5H,3,6-8,15H2,(H,16,19). The molecule has 1 aromatic carbocycles. The molecule has 2 aromatic rings. The summed E-state index contributed by atoms with van der Waals surface area (Å²) < 4.78 is 5.57. The van der Waals surface area contributed by atoms with E-state index in [1.54, 1.807) is 11.0 Å². The first-order valence-corrected chi connectivity index (χ1v) is 6.50. The van der Waals surface area contributed by atoms with E-state index in [9.17, 15) is 9.59 Å². The average Bonchev–Trinajstić information content (AvgIpc) is 3.03. The number of rotatable bonds is 3. The molecule has 1 aromatic heterocycles. The number of benzene rings is 1. The van der Waals surface area contributed by atoms with Crippen molar-refractivity contribution in [2.24, 2.45) is 5.84 Å². The highest BCUT2D eigenvalue weighted by Gasteiger charge is 2.26. The van der Waals surface area contributed by atoms with Crippen molar-refractivity contribution in [2.45, 2.75) is 19.4 Å². The van der Waals surface area contributed by atoms with Gasteiger partial charge in [0.25, 0.3) is 0 Å². The van der Waals surface area contributed by atoms with E-state index in [1.165, 1.54) is 0 Å². The Kier molecular flexibility index (Phi) is 3.15. The van der Waals surface area contributed by atoms with Crippen molar-refractivity contribution in [3.05, 3.63) is 35.6 Å². The lowest BCUT2D eigenvalue weighted by Gasteiger charge is -2.15. The number of hydrazine groups is 1. The van der Waals surface area contributed by atoms with Crippen molar-refractivity contribution < 1.29 is 14.0 Å². The molecule has 1 aliphatic heterocycles. The van der Waals surface area contributed by atoms with Crippen LogP contribution < -0.4 is 11.3 Å². The fraction of sp³-hybridized carbons (Fsp3) is 0.286. The Morgan fingerprint density at radius 3 is 2.90 bits per heavy atom. The number of nitrogen functional groups attached to an aromatic ring is 1. The number of para-hydroxylation sites is 1. The summed E-state index contributed by atoms with van der Waals surface area (Å²) in [4.78, 5) is 25.3. The third-order valence-electron chi connectivity index (χ3n) is 3.56. The summed E-state index contributed by atoms with van der Waals surface area (Å²) in [5, 5.41) is 0.839. The second-order valence-electron chi connectivity index (χ2n) is 4.80. The van der Waals surface area contributed by atoms with Gasteiger partial charge in [-0.05, 0) is 12.5 Å². The summed E-state index contributed by atoms with van der Waals surface area (Å²) in [5.41, 5.74) is 3.41. The lowest BCUT2D eigenvalue weighted by atomic mass is 10.1. The molecule has 0 unspecified atom stereocenters. The fourth-order valence-electron chi connectivity index (χ4n) is 2.57. The highest BCUT2D eigenvalue weighted by atomic mass is 16.3. The molecule has 2 amide bonds. The molecule has 0 aliphatic carbocycles. The number of furan rings is 1. The molecule has 3 N–H and O–H groups in total. The second kappa shape index (κ2) is 4.97. The quantitative estimate of drug-likeness (QED) is 0.499. The molecular formula is C14H15N3O3. The van der Waals surface area contributed by atoms with E-state index in [2.05, 4.69) is 5.43 Å². The zero-order valence-electron chi connectivity index (χ0n) is 10.9. The molecule has 20 heavy (non-hydrogen) atoms. The lowest BCUT2D eigenvalue weighted by molar-refractivity contribution is -0.128. The van der Waals surface area contributed by atoms with Gasteiger partial charge in [-0.25, -0.2) is 5.84 Å². The minimum absolute atomic E-state index is 0.106. The van der Waals surface area contributed by atoms with Crippen LogP contribution in [0.25, 0.3) is 11.0 Å². The zero-order chi connectivity index (χ0) is 14.1. The van der Waals surface area contributed by atoms with Gasteiger partial charge in [0, 0.05) is 23.9 Å². The van der Waals surface area contributed by atoms with E-state index in [-0.39, 0.29) is 11.7 Å². The maximum Gasteiger partial charge on any atom is 0.301 e. The van der Waals surface area contributed by atoms with E-state index in [1.807, 2.05) is 18.2 Å². The number of amides is 2. The summed E-state index contributed by atoms with van der Waals surface area (Å²) >= 11 is 0. The topological polar surface area (TPSA) is 88.6 Å². The van der Waals surface area contributed by atoms with Crippen LogP contribution in [0.5, 0.6) is 0 Å². The Balaban J connectivity index is 2.06. The number of likely N-dealkylation sites (tertiary alicyclic amines) is 1. The molecule has 0 spiro atoms. The van der Waals surface area contributed by atoms with Crippen LogP contribution in [-0.4, -0.2) is 23.3 Å². The normalized spacial score (nSPS) is 15.1. The van der Waals surface area contributed by atoms with Crippen molar-refractivity contribution in [1.82, 2.24) is 10.3 Å². The molecule has 6 heteroatoms. The van der Waals surface area contributed by atoms with Gasteiger partial charge in [0.1, 0.15) is 5.58 Å². The first-order chi connectivity index (χ1) is 9.70. The Morgan fingerprint density at radius 2 is 2.20 bits per heavy atom. The monoisotopic (exact) mass is 273 g/mol. The van der Waals surface area contributed by atoms with Gasteiger partial charge in [-0.15, -0.1) is 0 Å². The van der Waals surface area contributed by atoms with Gasteiger partial charge in [0.05, 0.1) is 6.54 Å². The predicted molar refractivity (Wildman–Crippen MR) is 72.5 cm³/mol. The van der Waals surface area contributed by atoms with Crippen LogP contribution in [0.4, 0.5) is 0 Å². The van der Waals surface area contributed by atoms with Gasteiger partial charge in [0.15, 0.2) is 5.76 Å². The van der Waals surface area contributed by atoms with E-state index in [0.29, 0.717) is 30.7 Å². The maximum atomic E-state index is 11.8. The summed E-state index contributed by atoms with van der Waals surface area (Å²) in [6, 6.07) is 7.37. The lowest BCUT2D eigenvalue weighted by Crippen LogP contribution is -2.31. The summed E-state index contributed by atoms with van der Waals surface area (Å²) in [6.07, 6.45) is 1.42. The first-order valence-electron chi connectivity index (χ1n) is 6.50. The molecule has 0 bridgehead atoms. The Bertz CT molecular complexity index is 677. The number of carbonyl (C=O) groups excluding carboxylic acids is 2. The molecule has 104 valence electrons. The van der Waals surface area contributed by atoms with Crippen LogP contribution in [0.1, 0.15) is 29.0 Å². The minimum Gasteiger partial charge on any atom is -0.450 e. The number of fused-ring (bicyclic) bond motifs is 1. The third-order valence-corrected chi connectivity index (χ3v) is 3.56. The molecule has 0 radical (unpaired) electrons. The smallest absolute Gasteiger partial charge is 0.301 e.